The summed E-state index contributed by atoms with van der Waals surface area (Å²) in [4.78, 5) is 29.2. The molecule has 1 fully saturated rings. The first-order chi connectivity index (χ1) is 21.3. The normalized spacial score (nSPS) is 13.9. The van der Waals surface area contributed by atoms with E-state index in [1.807, 2.05) is 0 Å². The smallest absolute Gasteiger partial charge is 0.323 e. The zero-order valence-electron chi connectivity index (χ0n) is 24.1. The number of carbonyl (C=O) groups is 2. The highest BCUT2D eigenvalue weighted by atomic mass is 19.3. The Hall–Kier alpha value is -4.77. The summed E-state index contributed by atoms with van der Waals surface area (Å²) in [7, 11) is 1.52. The molecule has 3 N–H and O–H groups in total. The minimum atomic E-state index is -2.59. The van der Waals surface area contributed by atoms with Crippen molar-refractivity contribution in [1.29, 1.82) is 0 Å². The number of fused-ring (bicyclic) bond motifs is 1. The molecule has 11 heteroatoms. The molecule has 5 rings (SSSR count). The molecule has 0 radical (unpaired) electrons. The van der Waals surface area contributed by atoms with Crippen molar-refractivity contribution in [3.63, 3.8) is 0 Å². The SMILES string of the molecule is COc1cc2c(Oc3ccc(NC(=O)c4ccc(C(F)F)cc4)cc3)ccnc2cc1OCCC(N)C(=O)OC1CCCC1. The molecule has 4 aromatic rings. The van der Waals surface area contributed by atoms with Gasteiger partial charge in [0, 0.05) is 40.9 Å². The number of methoxy groups -OCH3 is 1. The maximum atomic E-state index is 12.8. The van der Waals surface area contributed by atoms with Gasteiger partial charge in [0.05, 0.1) is 19.2 Å². The van der Waals surface area contributed by atoms with Gasteiger partial charge in [-0.3, -0.25) is 14.6 Å². The number of esters is 1. The van der Waals surface area contributed by atoms with E-state index >= 15 is 0 Å². The number of hydrogen-bond donors (Lipinski definition) is 2. The zero-order chi connectivity index (χ0) is 31.1. The third kappa shape index (κ3) is 7.59. The van der Waals surface area contributed by atoms with E-state index in [1.165, 1.54) is 31.4 Å². The van der Waals surface area contributed by atoms with Crippen molar-refractivity contribution in [3.8, 4) is 23.0 Å². The number of nitrogens with zero attached hydrogens (tertiary/aromatic N) is 1. The van der Waals surface area contributed by atoms with Gasteiger partial charge in [0.1, 0.15) is 23.6 Å². The Morgan fingerprint density at radius 3 is 2.39 bits per heavy atom. The average Bonchev–Trinajstić information content (AvgIpc) is 3.54. The van der Waals surface area contributed by atoms with E-state index in [0.29, 0.717) is 39.6 Å². The Morgan fingerprint density at radius 1 is 0.977 bits per heavy atom. The fourth-order valence-electron chi connectivity index (χ4n) is 4.88. The van der Waals surface area contributed by atoms with Crippen LogP contribution in [0, 0.1) is 0 Å². The van der Waals surface area contributed by atoms with Gasteiger partial charge in [0.2, 0.25) is 0 Å². The first-order valence-corrected chi connectivity index (χ1v) is 14.3. The third-order valence-corrected chi connectivity index (χ3v) is 7.33. The summed E-state index contributed by atoms with van der Waals surface area (Å²) in [5, 5.41) is 3.42. The first-order valence-electron chi connectivity index (χ1n) is 14.3. The van der Waals surface area contributed by atoms with Crippen LogP contribution >= 0.6 is 0 Å². The highest BCUT2D eigenvalue weighted by molar-refractivity contribution is 6.04. The minimum Gasteiger partial charge on any atom is -0.493 e. The summed E-state index contributed by atoms with van der Waals surface area (Å²) in [5.74, 6) is 1.10. The molecule has 1 aliphatic rings. The predicted octanol–water partition coefficient (Wildman–Crippen LogP) is 6.81. The molecule has 230 valence electrons. The van der Waals surface area contributed by atoms with Gasteiger partial charge in [-0.2, -0.15) is 0 Å². The molecule has 9 nitrogen and oxygen atoms in total. The number of alkyl halides is 2. The molecule has 0 spiro atoms. The first kappa shape index (κ1) is 30.7. The van der Waals surface area contributed by atoms with Crippen molar-refractivity contribution in [2.75, 3.05) is 19.0 Å². The van der Waals surface area contributed by atoms with Crippen molar-refractivity contribution in [2.24, 2.45) is 5.73 Å². The molecule has 1 amide bonds. The van der Waals surface area contributed by atoms with Crippen LogP contribution in [0.1, 0.15) is 54.5 Å². The van der Waals surface area contributed by atoms with Gasteiger partial charge in [0.25, 0.3) is 12.3 Å². The fourth-order valence-corrected chi connectivity index (χ4v) is 4.88. The van der Waals surface area contributed by atoms with Gasteiger partial charge in [-0.25, -0.2) is 8.78 Å². The molecule has 44 heavy (non-hydrogen) atoms. The Kier molecular flexibility index (Phi) is 9.86. The lowest BCUT2D eigenvalue weighted by Gasteiger charge is -2.17. The van der Waals surface area contributed by atoms with Crippen molar-refractivity contribution in [3.05, 3.63) is 84.1 Å². The quantitative estimate of drug-likeness (QED) is 0.169. The van der Waals surface area contributed by atoms with E-state index < -0.39 is 24.3 Å². The number of halogens is 2. The lowest BCUT2D eigenvalue weighted by molar-refractivity contribution is -0.150. The van der Waals surface area contributed by atoms with Crippen LogP contribution < -0.4 is 25.3 Å². The van der Waals surface area contributed by atoms with E-state index in [0.717, 1.165) is 25.7 Å². The second-order valence-electron chi connectivity index (χ2n) is 10.4. The number of carbonyl (C=O) groups excluding carboxylic acids is 2. The summed E-state index contributed by atoms with van der Waals surface area (Å²) < 4.78 is 48.6. The second-order valence-corrected chi connectivity index (χ2v) is 10.4. The molecular weight excluding hydrogens is 572 g/mol. The summed E-state index contributed by atoms with van der Waals surface area (Å²) in [6.07, 6.45) is 3.16. The Morgan fingerprint density at radius 2 is 1.70 bits per heavy atom. The van der Waals surface area contributed by atoms with E-state index in [-0.39, 0.29) is 30.3 Å². The van der Waals surface area contributed by atoms with Crippen molar-refractivity contribution in [2.45, 2.75) is 50.7 Å². The molecule has 1 aromatic heterocycles. The predicted molar refractivity (Wildman–Crippen MR) is 161 cm³/mol. The van der Waals surface area contributed by atoms with Crippen LogP contribution in [-0.2, 0) is 9.53 Å². The molecule has 1 aliphatic carbocycles. The summed E-state index contributed by atoms with van der Waals surface area (Å²) in [6.45, 7) is 0.183. The standard InChI is InChI=1S/C33H33F2N3O6/c1-41-29-18-25-27(19-30(29)42-17-15-26(36)33(40)44-23-4-2-3-5-23)37-16-14-28(25)43-24-12-10-22(11-13-24)38-32(39)21-8-6-20(7-9-21)31(34)35/h6-14,16,18-19,23,26,31H,2-5,15,17,36H2,1H3,(H,38,39). The highest BCUT2D eigenvalue weighted by Crippen LogP contribution is 2.37. The molecule has 0 bridgehead atoms. The molecule has 3 aromatic carbocycles. The third-order valence-electron chi connectivity index (χ3n) is 7.33. The maximum Gasteiger partial charge on any atom is 0.323 e. The van der Waals surface area contributed by atoms with Gasteiger partial charge in [-0.15, -0.1) is 0 Å². The minimum absolute atomic E-state index is 0.0383. The van der Waals surface area contributed by atoms with Crippen LogP contribution in [0.3, 0.4) is 0 Å². The number of aromatic nitrogens is 1. The van der Waals surface area contributed by atoms with Crippen LogP contribution in [0.15, 0.2) is 72.9 Å². The van der Waals surface area contributed by atoms with Gasteiger partial charge in [-0.1, -0.05) is 12.1 Å². The summed E-state index contributed by atoms with van der Waals surface area (Å²) in [6, 6.07) is 16.3. The maximum absolute atomic E-state index is 12.8. The Labute approximate surface area is 253 Å². The van der Waals surface area contributed by atoms with Crippen LogP contribution in [0.2, 0.25) is 0 Å². The van der Waals surface area contributed by atoms with Crippen molar-refractivity contribution in [1.82, 2.24) is 4.98 Å². The summed E-state index contributed by atoms with van der Waals surface area (Å²) >= 11 is 0. The van der Waals surface area contributed by atoms with Gasteiger partial charge >= 0.3 is 5.97 Å². The number of anilines is 1. The largest absolute Gasteiger partial charge is 0.493 e. The topological polar surface area (TPSA) is 122 Å². The number of nitrogens with two attached hydrogens (primary N) is 1. The van der Waals surface area contributed by atoms with E-state index in [4.69, 9.17) is 24.7 Å². The molecule has 1 atom stereocenters. The van der Waals surface area contributed by atoms with Crippen LogP contribution in [-0.4, -0.2) is 42.7 Å². The van der Waals surface area contributed by atoms with Crippen LogP contribution in [0.4, 0.5) is 14.5 Å². The van der Waals surface area contributed by atoms with Gasteiger partial charge in [-0.05, 0) is 74.2 Å². The number of amides is 1. The summed E-state index contributed by atoms with van der Waals surface area (Å²) in [5.41, 5.74) is 7.26. The molecule has 1 heterocycles. The van der Waals surface area contributed by atoms with Crippen LogP contribution in [0.25, 0.3) is 10.9 Å². The van der Waals surface area contributed by atoms with Crippen LogP contribution in [0.5, 0.6) is 23.0 Å². The molecule has 1 saturated carbocycles. The Bertz CT molecular complexity index is 1590. The van der Waals surface area contributed by atoms with Gasteiger partial charge in [0.15, 0.2) is 11.5 Å². The fraction of sp³-hybridized carbons (Fsp3) is 0.303. The molecule has 1 unspecified atom stereocenters. The zero-order valence-corrected chi connectivity index (χ0v) is 24.1. The Balaban J connectivity index is 1.21. The van der Waals surface area contributed by atoms with E-state index in [9.17, 15) is 18.4 Å². The lowest BCUT2D eigenvalue weighted by Crippen LogP contribution is -2.35. The number of hydrogen-bond acceptors (Lipinski definition) is 8. The molecule has 0 saturated heterocycles. The highest BCUT2D eigenvalue weighted by Gasteiger charge is 2.23. The van der Waals surface area contributed by atoms with E-state index in [1.54, 1.807) is 48.7 Å². The average molecular weight is 606 g/mol. The number of benzene rings is 3. The monoisotopic (exact) mass is 605 g/mol. The lowest BCUT2D eigenvalue weighted by atomic mass is 10.1. The number of nitrogens with one attached hydrogen (secondary N) is 1. The molecule has 0 aliphatic heterocycles. The van der Waals surface area contributed by atoms with Crippen molar-refractivity contribution >= 4 is 28.5 Å². The number of rotatable bonds is 12. The number of ether oxygens (including phenoxy) is 4. The van der Waals surface area contributed by atoms with Crippen molar-refractivity contribution < 1.29 is 37.3 Å². The second kappa shape index (κ2) is 14.1. The molecular formula is C33H33F2N3O6. The van der Waals surface area contributed by atoms with Gasteiger partial charge < -0.3 is 30.0 Å². The van der Waals surface area contributed by atoms with E-state index in [2.05, 4.69) is 10.3 Å². The number of pyridine rings is 1.